The quantitative estimate of drug-likeness (QED) is 0.0854. The Hall–Kier alpha value is -7.01. The molecule has 0 bridgehead atoms. The van der Waals surface area contributed by atoms with E-state index in [1.807, 2.05) is 6.07 Å². The highest BCUT2D eigenvalue weighted by Crippen LogP contribution is 2.49. The van der Waals surface area contributed by atoms with Crippen molar-refractivity contribution in [3.8, 4) is 0 Å². The summed E-state index contributed by atoms with van der Waals surface area (Å²) >= 11 is 0. The molecule has 4 aliphatic rings. The molecule has 0 radical (unpaired) electrons. The van der Waals surface area contributed by atoms with Crippen LogP contribution in [0.4, 0.5) is 43.7 Å². The highest BCUT2D eigenvalue weighted by Gasteiger charge is 2.41. The molecule has 1 N–H and O–H groups in total. The van der Waals surface area contributed by atoms with E-state index in [4.69, 9.17) is 9.47 Å². The maximum absolute atomic E-state index is 13.9. The van der Waals surface area contributed by atoms with E-state index in [2.05, 4.69) is 75.4 Å². The van der Waals surface area contributed by atoms with Gasteiger partial charge in [0.1, 0.15) is 29.0 Å². The minimum atomic E-state index is -0.998. The van der Waals surface area contributed by atoms with Crippen LogP contribution in [0.15, 0.2) is 96.0 Å². The normalized spacial score (nSPS) is 20.7. The number of aliphatic imine (C=N–C) groups is 1. The average molecular weight is 970 g/mol. The van der Waals surface area contributed by atoms with E-state index in [-0.39, 0.29) is 41.4 Å². The number of hydrogen-bond donors (Lipinski definition) is 1. The van der Waals surface area contributed by atoms with Gasteiger partial charge in [0.05, 0.1) is 28.4 Å². The molecular weight excluding hydrogens is 905 g/mol. The molecule has 4 aromatic carbocycles. The highest BCUT2D eigenvalue weighted by molar-refractivity contribution is 6.02. The molecule has 1 unspecified atom stereocenters. The molecule has 376 valence electrons. The predicted molar refractivity (Wildman–Crippen MR) is 274 cm³/mol. The molecule has 0 saturated carbocycles. The van der Waals surface area contributed by atoms with Crippen molar-refractivity contribution in [2.45, 2.75) is 134 Å². The largest absolute Gasteiger partial charge is 0.752 e. The van der Waals surface area contributed by atoms with Crippen molar-refractivity contribution in [3.05, 3.63) is 123 Å². The summed E-state index contributed by atoms with van der Waals surface area (Å²) in [6.45, 7) is 16.6. The van der Waals surface area contributed by atoms with E-state index in [1.54, 1.807) is 71.9 Å². The van der Waals surface area contributed by atoms with Crippen LogP contribution in [-0.4, -0.2) is 94.9 Å². The number of piperidine rings is 1. The Labute approximate surface area is 415 Å². The second kappa shape index (κ2) is 20.8. The molecule has 4 aliphatic heterocycles. The Bertz CT molecular complexity index is 2620. The van der Waals surface area contributed by atoms with E-state index < -0.39 is 52.2 Å². The van der Waals surface area contributed by atoms with Crippen molar-refractivity contribution in [2.75, 3.05) is 46.4 Å². The van der Waals surface area contributed by atoms with Crippen LogP contribution in [0, 0.1) is 15.3 Å². The molecule has 0 spiro atoms. The van der Waals surface area contributed by atoms with E-state index in [0.717, 1.165) is 42.9 Å². The molecule has 4 saturated heterocycles. The van der Waals surface area contributed by atoms with Crippen LogP contribution in [0.3, 0.4) is 0 Å². The number of amides is 4. The lowest BCUT2D eigenvalue weighted by atomic mass is 9.89. The number of carbonyl (C=O) groups excluding carboxylic acids is 4. The van der Waals surface area contributed by atoms with Crippen LogP contribution in [0.1, 0.15) is 128 Å². The fraction of sp³-hybridized carbons (Fsp3) is 0.463. The number of nitrogens with one attached hydrogen (secondary N) is 1. The maximum Gasteiger partial charge on any atom is 0.410 e. The van der Waals surface area contributed by atoms with Crippen LogP contribution >= 0.6 is 0 Å². The third kappa shape index (κ3) is 11.3. The first-order chi connectivity index (χ1) is 33.8. The molecule has 8 rings (SSSR count). The summed E-state index contributed by atoms with van der Waals surface area (Å²) in [5.41, 5.74) is 3.12. The summed E-state index contributed by atoms with van der Waals surface area (Å²) < 4.78 is 11.1. The maximum atomic E-state index is 13.9. The second-order valence-electron chi connectivity index (χ2n) is 20.9. The Morgan fingerprint density at radius 1 is 0.690 bits per heavy atom. The summed E-state index contributed by atoms with van der Waals surface area (Å²) in [6.07, 6.45) is 3.81. The molecule has 4 aromatic rings. The zero-order valence-electron chi connectivity index (χ0n) is 41.5. The number of rotatable bonds is 11. The van der Waals surface area contributed by atoms with Crippen molar-refractivity contribution in [3.63, 3.8) is 0 Å². The van der Waals surface area contributed by atoms with Crippen LogP contribution in [-0.2, 0) is 19.1 Å². The molecule has 0 aromatic heterocycles. The Morgan fingerprint density at radius 2 is 1.24 bits per heavy atom. The monoisotopic (exact) mass is 969 g/mol. The fourth-order valence-corrected chi connectivity index (χ4v) is 10.5. The molecule has 4 heterocycles. The molecule has 4 fully saturated rings. The minimum absolute atomic E-state index is 0.00801. The Balaban J connectivity index is 1.08. The van der Waals surface area contributed by atoms with Crippen molar-refractivity contribution in [1.82, 2.24) is 9.80 Å². The molecule has 17 nitrogen and oxygen atoms in total. The van der Waals surface area contributed by atoms with Gasteiger partial charge in [0.2, 0.25) is 11.8 Å². The van der Waals surface area contributed by atoms with E-state index in [0.29, 0.717) is 61.6 Å². The lowest BCUT2D eigenvalue weighted by Gasteiger charge is -2.37. The molecular formula is C54H65N8O9-. The first kappa shape index (κ1) is 50.4. The van der Waals surface area contributed by atoms with Crippen LogP contribution in [0.2, 0.25) is 0 Å². The number of hydroxylamine groups is 1. The van der Waals surface area contributed by atoms with Gasteiger partial charge in [0.25, 0.3) is 5.69 Å². The van der Waals surface area contributed by atoms with Crippen molar-refractivity contribution >= 4 is 64.8 Å². The van der Waals surface area contributed by atoms with Crippen molar-refractivity contribution in [1.29, 1.82) is 0 Å². The van der Waals surface area contributed by atoms with Gasteiger partial charge in [-0.3, -0.25) is 34.5 Å². The molecule has 71 heavy (non-hydrogen) atoms. The fourth-order valence-electron chi connectivity index (χ4n) is 10.5. The van der Waals surface area contributed by atoms with Gasteiger partial charge in [0, 0.05) is 43.6 Å². The molecule has 4 atom stereocenters. The lowest BCUT2D eigenvalue weighted by Crippen LogP contribution is -2.47. The average Bonchev–Trinajstić information content (AvgIpc) is 4.14. The number of nitro benzene ring substituents is 1. The van der Waals surface area contributed by atoms with Crippen LogP contribution < -0.4 is 20.2 Å². The second-order valence-corrected chi connectivity index (χ2v) is 20.9. The van der Waals surface area contributed by atoms with Crippen LogP contribution in [0.25, 0.3) is 0 Å². The van der Waals surface area contributed by atoms with Gasteiger partial charge in [-0.2, -0.15) is 0 Å². The third-order valence-corrected chi connectivity index (χ3v) is 13.8. The Kier molecular flexibility index (Phi) is 14.7. The zero-order valence-corrected chi connectivity index (χ0v) is 41.5. The number of nitrogens with zero attached hydrogens (tertiary/aromatic N) is 7. The van der Waals surface area contributed by atoms with Gasteiger partial charge in [-0.05, 0) is 165 Å². The number of carbonyl (C=O) groups is 4. The Morgan fingerprint density at radius 3 is 1.82 bits per heavy atom. The number of nitro groups is 1. The predicted octanol–water partition coefficient (Wildman–Crippen LogP) is 11.0. The van der Waals surface area contributed by atoms with Gasteiger partial charge >= 0.3 is 12.2 Å². The summed E-state index contributed by atoms with van der Waals surface area (Å²) in [7, 11) is 0. The zero-order chi connectivity index (χ0) is 50.8. The smallest absolute Gasteiger partial charge is 0.410 e. The van der Waals surface area contributed by atoms with Gasteiger partial charge in [-0.1, -0.05) is 42.5 Å². The van der Waals surface area contributed by atoms with Gasteiger partial charge in [0.15, 0.2) is 0 Å². The summed E-state index contributed by atoms with van der Waals surface area (Å²) in [6, 6.07) is 26.4. The summed E-state index contributed by atoms with van der Waals surface area (Å²) in [4.78, 5) is 77.4. The van der Waals surface area contributed by atoms with Gasteiger partial charge in [-0.25, -0.2) is 9.59 Å². The lowest BCUT2D eigenvalue weighted by molar-refractivity contribution is -0.384. The van der Waals surface area contributed by atoms with Gasteiger partial charge < -0.3 is 34.9 Å². The van der Waals surface area contributed by atoms with E-state index in [9.17, 15) is 34.5 Å². The molecule has 17 heteroatoms. The summed E-state index contributed by atoms with van der Waals surface area (Å²) in [5, 5.41) is 29.7. The van der Waals surface area contributed by atoms with E-state index >= 15 is 0 Å². The summed E-state index contributed by atoms with van der Waals surface area (Å²) in [5.74, 6) is -0.838. The number of likely N-dealkylation sites (tertiary alicyclic amines) is 2. The minimum Gasteiger partial charge on any atom is -0.752 e. The first-order valence-corrected chi connectivity index (χ1v) is 24.7. The first-order valence-electron chi connectivity index (χ1n) is 24.7. The van der Waals surface area contributed by atoms with E-state index in [1.165, 1.54) is 21.4 Å². The third-order valence-electron chi connectivity index (χ3n) is 13.8. The van der Waals surface area contributed by atoms with Crippen LogP contribution in [0.5, 0.6) is 0 Å². The highest BCUT2D eigenvalue weighted by atomic mass is 16.6. The molecule has 0 aliphatic carbocycles. The van der Waals surface area contributed by atoms with Crippen molar-refractivity contribution in [2.24, 2.45) is 4.99 Å². The standard InChI is InChI=1S/C54H65N8O9/c1-53(2,3)70-51(65)58-29-11-15-46(58)49(63)56-41-23-17-38(34-48(41)62(68)69)44-26-25-43(60(44)40-21-19-39(20-22-40)57-31-27-36(28-32-57)35-13-9-8-10-14-35)37-18-24-45(42(33-37)55-7)61(67)50(64)47-16-12-30-59(47)52(66)71-54(4,5)6/h8-10,13-14,17-24,33-34,36,43-44,46-47H,7,11-12,15-16,25-32H2,1-6H3,(H,56,63)/q-1/t43-,44-,46+,47?/m1/s1. The molecule has 4 amide bonds. The SMILES string of the molecule is C=Nc1cc([C@H]2CC[C@H](c3ccc(NC(=O)[C@@H]4CCCN4C(=O)OC(C)(C)C)c([N+](=O)[O-])c3)N2c2ccc(N3CCC(c4ccccc4)CC3)cc2)ccc1N([O-])C(=O)C1CCCN1C(=O)OC(C)(C)C. The van der Waals surface area contributed by atoms with Crippen molar-refractivity contribution < 1.29 is 33.6 Å². The number of hydrogen-bond acceptors (Lipinski definition) is 12. The number of anilines is 4. The number of benzene rings is 4. The van der Waals surface area contributed by atoms with Gasteiger partial charge in [-0.15, -0.1) is 0 Å². The topological polar surface area (TPSA) is 194 Å². The number of ether oxygens (including phenoxy) is 2.